The number of nitrogens with one attached hydrogen (secondary N) is 3. The largest absolute Gasteiger partial charge is 0.353 e. The van der Waals surface area contributed by atoms with Crippen LogP contribution in [0.3, 0.4) is 0 Å². The maximum atomic E-state index is 12.3. The number of rotatable bonds is 4. The Labute approximate surface area is 227 Å². The van der Waals surface area contributed by atoms with Crippen molar-refractivity contribution in [2.45, 2.75) is 118 Å². The zero-order valence-electron chi connectivity index (χ0n) is 24.5. The van der Waals surface area contributed by atoms with E-state index in [1.54, 1.807) is 20.8 Å². The average Bonchev–Trinajstić information content (AvgIpc) is 3.68. The van der Waals surface area contributed by atoms with E-state index < -0.39 is 17.4 Å². The Bertz CT molecular complexity index is 971. The number of amides is 3. The first kappa shape index (κ1) is 31.7. The van der Waals surface area contributed by atoms with Crippen molar-refractivity contribution in [3.05, 3.63) is 35.9 Å². The van der Waals surface area contributed by atoms with E-state index in [1.165, 1.54) is 18.4 Å². The topological polar surface area (TPSA) is 87.3 Å². The van der Waals surface area contributed by atoms with E-state index in [1.807, 2.05) is 47.6 Å². The summed E-state index contributed by atoms with van der Waals surface area (Å²) in [7, 11) is 0. The second-order valence-corrected chi connectivity index (χ2v) is 13.8. The predicted octanol–water partition coefficient (Wildman–Crippen LogP) is 5.57. The highest BCUT2D eigenvalue weighted by Crippen LogP contribution is 2.42. The molecule has 8 heteroatoms. The van der Waals surface area contributed by atoms with Gasteiger partial charge in [-0.2, -0.15) is 0 Å². The van der Waals surface area contributed by atoms with E-state index in [4.69, 9.17) is 0 Å². The Balaban J connectivity index is 0.000000207. The van der Waals surface area contributed by atoms with Gasteiger partial charge >= 0.3 is 0 Å². The van der Waals surface area contributed by atoms with Gasteiger partial charge in [0.15, 0.2) is 0 Å². The van der Waals surface area contributed by atoms with Crippen molar-refractivity contribution < 1.29 is 23.2 Å². The molecular formula is C30H47F2N3O3. The van der Waals surface area contributed by atoms with Crippen LogP contribution >= 0.6 is 0 Å². The van der Waals surface area contributed by atoms with Crippen molar-refractivity contribution in [1.82, 2.24) is 16.0 Å². The molecule has 0 bridgehead atoms. The van der Waals surface area contributed by atoms with Gasteiger partial charge in [0.05, 0.1) is 6.04 Å². The zero-order chi connectivity index (χ0) is 29.1. The fourth-order valence-corrected chi connectivity index (χ4v) is 3.18. The van der Waals surface area contributed by atoms with Gasteiger partial charge in [0.25, 0.3) is 5.92 Å². The number of carbonyl (C=O) groups is 3. The van der Waals surface area contributed by atoms with Gasteiger partial charge in [-0.3, -0.25) is 14.4 Å². The van der Waals surface area contributed by atoms with Gasteiger partial charge in [0, 0.05) is 40.7 Å². The number of hydrogen-bond acceptors (Lipinski definition) is 3. The van der Waals surface area contributed by atoms with E-state index >= 15 is 0 Å². The molecule has 1 aromatic rings. The quantitative estimate of drug-likeness (QED) is 0.471. The summed E-state index contributed by atoms with van der Waals surface area (Å²) < 4.78 is 24.7. The average molecular weight is 536 g/mol. The van der Waals surface area contributed by atoms with Crippen LogP contribution in [-0.2, 0) is 14.4 Å². The Kier molecular flexibility index (Phi) is 9.77. The highest BCUT2D eigenvalue weighted by molar-refractivity contribution is 5.83. The molecule has 1 aromatic carbocycles. The van der Waals surface area contributed by atoms with Crippen molar-refractivity contribution in [2.75, 3.05) is 0 Å². The molecule has 3 N–H and O–H groups in total. The molecule has 4 rings (SSSR count). The molecule has 3 atom stereocenters. The molecule has 3 aliphatic rings. The maximum Gasteiger partial charge on any atom is 0.270 e. The second kappa shape index (κ2) is 11.7. The first-order valence-corrected chi connectivity index (χ1v) is 13.6. The molecule has 0 aliphatic heterocycles. The predicted molar refractivity (Wildman–Crippen MR) is 147 cm³/mol. The van der Waals surface area contributed by atoms with Crippen molar-refractivity contribution in [3.8, 4) is 0 Å². The molecule has 0 radical (unpaired) electrons. The summed E-state index contributed by atoms with van der Waals surface area (Å²) in [4.78, 5) is 34.1. The van der Waals surface area contributed by atoms with Crippen molar-refractivity contribution in [2.24, 2.45) is 16.2 Å². The fraction of sp³-hybridized carbons (Fsp3) is 0.700. The molecular weight excluding hydrogens is 488 g/mol. The summed E-state index contributed by atoms with van der Waals surface area (Å²) in [5, 5.41) is 8.35. The molecule has 3 unspecified atom stereocenters. The minimum Gasteiger partial charge on any atom is -0.353 e. The third kappa shape index (κ3) is 10.7. The van der Waals surface area contributed by atoms with Gasteiger partial charge in [0.1, 0.15) is 0 Å². The van der Waals surface area contributed by atoms with Crippen LogP contribution in [0.4, 0.5) is 8.78 Å². The number of hydrogen-bond donors (Lipinski definition) is 3. The van der Waals surface area contributed by atoms with E-state index in [0.717, 1.165) is 6.42 Å². The normalized spacial score (nSPS) is 23.4. The molecule has 0 spiro atoms. The van der Waals surface area contributed by atoms with Crippen molar-refractivity contribution in [1.29, 1.82) is 0 Å². The summed E-state index contributed by atoms with van der Waals surface area (Å²) >= 11 is 0. The van der Waals surface area contributed by atoms with Crippen LogP contribution in [0.5, 0.6) is 0 Å². The Morgan fingerprint density at radius 1 is 0.737 bits per heavy atom. The number of halogens is 2. The van der Waals surface area contributed by atoms with Crippen LogP contribution in [0.15, 0.2) is 30.3 Å². The first-order chi connectivity index (χ1) is 17.2. The molecule has 0 heterocycles. The van der Waals surface area contributed by atoms with Crippen LogP contribution in [0.1, 0.15) is 99.5 Å². The minimum atomic E-state index is -2.67. The Morgan fingerprint density at radius 3 is 1.55 bits per heavy atom. The molecule has 214 valence electrons. The highest BCUT2D eigenvalue weighted by Gasteiger charge is 2.58. The summed E-state index contributed by atoms with van der Waals surface area (Å²) in [6.07, 6.45) is 3.20. The highest BCUT2D eigenvalue weighted by atomic mass is 19.3. The summed E-state index contributed by atoms with van der Waals surface area (Å²) in [5.74, 6) is -2.14. The number of benzene rings is 1. The van der Waals surface area contributed by atoms with Crippen LogP contribution in [-0.4, -0.2) is 41.8 Å². The lowest BCUT2D eigenvalue weighted by molar-refractivity contribution is -0.129. The molecule has 3 amide bonds. The van der Waals surface area contributed by atoms with Gasteiger partial charge < -0.3 is 16.0 Å². The van der Waals surface area contributed by atoms with E-state index in [-0.39, 0.29) is 35.0 Å². The summed E-state index contributed by atoms with van der Waals surface area (Å²) in [6.45, 7) is 16.7. The smallest absolute Gasteiger partial charge is 0.270 e. The number of alkyl halides is 2. The molecule has 0 saturated heterocycles. The standard InChI is InChI=1S/C14H19NO.C8H13F2NO.C8H15NO/c1-14(2,3)13(16)15-12-9-11(12)10-7-5-4-6-8-10;1-7(2,3)6(12)11-5-4-8(5,9)10;1-8(2,3)7(10)9-6-4-5-6/h4-8,11-12H,9H2,1-3H3,(H,15,16);5H,4H2,1-3H3,(H,11,12);6H,4-5H2,1-3H3,(H,9,10). The van der Waals surface area contributed by atoms with Crippen molar-refractivity contribution in [3.63, 3.8) is 0 Å². The van der Waals surface area contributed by atoms with Gasteiger partial charge in [-0.25, -0.2) is 8.78 Å². The minimum absolute atomic E-state index is 0.149. The van der Waals surface area contributed by atoms with E-state index in [9.17, 15) is 23.2 Å². The lowest BCUT2D eigenvalue weighted by Gasteiger charge is -2.17. The van der Waals surface area contributed by atoms with Crippen molar-refractivity contribution >= 4 is 17.7 Å². The molecule has 3 aliphatic carbocycles. The van der Waals surface area contributed by atoms with Gasteiger partial charge in [0.2, 0.25) is 17.7 Å². The lowest BCUT2D eigenvalue weighted by Crippen LogP contribution is -2.38. The maximum absolute atomic E-state index is 12.3. The van der Waals surface area contributed by atoms with Gasteiger partial charge in [-0.15, -0.1) is 0 Å². The monoisotopic (exact) mass is 535 g/mol. The first-order valence-electron chi connectivity index (χ1n) is 13.6. The second-order valence-electron chi connectivity index (χ2n) is 13.8. The number of carbonyl (C=O) groups excluding carboxylic acids is 3. The van der Waals surface area contributed by atoms with Crippen LogP contribution in [0.2, 0.25) is 0 Å². The third-order valence-electron chi connectivity index (χ3n) is 6.42. The van der Waals surface area contributed by atoms with Gasteiger partial charge in [-0.05, 0) is 24.8 Å². The van der Waals surface area contributed by atoms with E-state index in [0.29, 0.717) is 18.0 Å². The summed E-state index contributed by atoms with van der Waals surface area (Å²) in [6, 6.07) is 10.3. The Morgan fingerprint density at radius 2 is 1.16 bits per heavy atom. The lowest BCUT2D eigenvalue weighted by atomic mass is 9.95. The third-order valence-corrected chi connectivity index (χ3v) is 6.42. The van der Waals surface area contributed by atoms with Crippen LogP contribution in [0.25, 0.3) is 0 Å². The molecule has 0 aromatic heterocycles. The van der Waals surface area contributed by atoms with Crippen LogP contribution < -0.4 is 16.0 Å². The Hall–Kier alpha value is -2.51. The molecule has 3 saturated carbocycles. The van der Waals surface area contributed by atoms with Gasteiger partial charge in [-0.1, -0.05) is 92.6 Å². The molecule has 38 heavy (non-hydrogen) atoms. The molecule has 3 fully saturated rings. The SMILES string of the molecule is CC(C)(C)C(=O)NC1CC1.CC(C)(C)C(=O)NC1CC1(F)F.CC(C)(C)C(=O)NC1CC1c1ccccc1. The fourth-order valence-electron chi connectivity index (χ4n) is 3.18. The molecule has 6 nitrogen and oxygen atoms in total. The van der Waals surface area contributed by atoms with E-state index in [2.05, 4.69) is 40.2 Å². The van der Waals surface area contributed by atoms with Crippen LogP contribution in [0, 0.1) is 16.2 Å². The summed E-state index contributed by atoms with van der Waals surface area (Å²) in [5.41, 5.74) is 0.243. The zero-order valence-corrected chi connectivity index (χ0v) is 24.5.